The number of hydrogen-bond acceptors (Lipinski definition) is 3. The van der Waals surface area contributed by atoms with E-state index in [0.717, 1.165) is 12.8 Å². The van der Waals surface area contributed by atoms with Crippen LogP contribution in [0.4, 0.5) is 0 Å². The van der Waals surface area contributed by atoms with Crippen molar-refractivity contribution in [3.8, 4) is 0 Å². The van der Waals surface area contributed by atoms with Crippen molar-refractivity contribution in [2.45, 2.75) is 43.4 Å². The quantitative estimate of drug-likeness (QED) is 0.787. The van der Waals surface area contributed by atoms with E-state index < -0.39 is 5.97 Å². The normalized spacial score (nSPS) is 26.6. The van der Waals surface area contributed by atoms with Crippen molar-refractivity contribution in [1.29, 1.82) is 0 Å². The van der Waals surface area contributed by atoms with Gasteiger partial charge >= 0.3 is 5.97 Å². The molecule has 0 bridgehead atoms. The van der Waals surface area contributed by atoms with Gasteiger partial charge in [0, 0.05) is 17.0 Å². The highest BCUT2D eigenvalue weighted by molar-refractivity contribution is 7.99. The van der Waals surface area contributed by atoms with E-state index >= 15 is 0 Å². The van der Waals surface area contributed by atoms with Crippen LogP contribution in [0.2, 0.25) is 0 Å². The number of carboxylic acids is 1. The largest absolute Gasteiger partial charge is 0.481 e. The molecule has 0 heterocycles. The lowest BCUT2D eigenvalue weighted by Crippen LogP contribution is -2.35. The molecule has 14 heavy (non-hydrogen) atoms. The third-order valence-electron chi connectivity index (χ3n) is 2.40. The smallest absolute Gasteiger partial charge is 0.304 e. The number of thioether (sulfide) groups is 1. The summed E-state index contributed by atoms with van der Waals surface area (Å²) in [6.07, 6.45) is 5.00. The van der Waals surface area contributed by atoms with E-state index in [1.165, 1.54) is 12.8 Å². The summed E-state index contributed by atoms with van der Waals surface area (Å²) in [7, 11) is 0. The Kier molecular flexibility index (Phi) is 7.41. The van der Waals surface area contributed by atoms with Gasteiger partial charge in [-0.2, -0.15) is 11.8 Å². The number of hydrogen-bond donors (Lipinski definition) is 2. The van der Waals surface area contributed by atoms with Gasteiger partial charge in [0.15, 0.2) is 0 Å². The Labute approximate surface area is 95.2 Å². The van der Waals surface area contributed by atoms with Gasteiger partial charge in [-0.3, -0.25) is 4.79 Å². The summed E-state index contributed by atoms with van der Waals surface area (Å²) >= 11 is 1.73. The maximum absolute atomic E-state index is 10.3. The zero-order valence-electron chi connectivity index (χ0n) is 8.15. The van der Waals surface area contributed by atoms with E-state index in [4.69, 9.17) is 10.8 Å². The third-order valence-corrected chi connectivity index (χ3v) is 3.85. The second-order valence-electron chi connectivity index (χ2n) is 3.50. The van der Waals surface area contributed by atoms with Crippen LogP contribution < -0.4 is 5.73 Å². The number of aliphatic carboxylic acids is 1. The van der Waals surface area contributed by atoms with Gasteiger partial charge < -0.3 is 10.8 Å². The Hall–Kier alpha value is 0.0700. The third kappa shape index (κ3) is 5.08. The van der Waals surface area contributed by atoms with Crippen LogP contribution in [-0.4, -0.2) is 28.1 Å². The molecule has 0 aliphatic heterocycles. The molecule has 1 aliphatic carbocycles. The summed E-state index contributed by atoms with van der Waals surface area (Å²) in [6.45, 7) is 0. The van der Waals surface area contributed by atoms with Crippen LogP contribution in [-0.2, 0) is 4.79 Å². The molecule has 0 amide bonds. The maximum atomic E-state index is 10.3. The van der Waals surface area contributed by atoms with Crippen LogP contribution in [0.25, 0.3) is 0 Å². The Morgan fingerprint density at radius 1 is 1.43 bits per heavy atom. The highest BCUT2D eigenvalue weighted by Gasteiger charge is 2.21. The Bertz CT molecular complexity index is 180. The van der Waals surface area contributed by atoms with E-state index in [0.29, 0.717) is 11.0 Å². The maximum Gasteiger partial charge on any atom is 0.304 e. The molecule has 3 nitrogen and oxygen atoms in total. The fraction of sp³-hybridized carbons (Fsp3) is 0.889. The summed E-state index contributed by atoms with van der Waals surface area (Å²) in [6, 6.07) is 0.285. The van der Waals surface area contributed by atoms with Crippen LogP contribution in [0, 0.1) is 0 Å². The van der Waals surface area contributed by atoms with Crippen LogP contribution >= 0.6 is 24.2 Å². The second kappa shape index (κ2) is 7.37. The van der Waals surface area contributed by atoms with Gasteiger partial charge in [0.1, 0.15) is 0 Å². The molecular formula is C9H18ClNO2S. The highest BCUT2D eigenvalue weighted by Crippen LogP contribution is 2.27. The van der Waals surface area contributed by atoms with Crippen molar-refractivity contribution in [1.82, 2.24) is 0 Å². The van der Waals surface area contributed by atoms with E-state index in [9.17, 15) is 4.79 Å². The SMILES string of the molecule is Cl.N[C@H]1CCCC[C@@H]1SCCC(=O)O. The number of carboxylic acid groups (broad SMARTS) is 1. The number of nitrogens with two attached hydrogens (primary N) is 1. The summed E-state index contributed by atoms with van der Waals surface area (Å²) < 4.78 is 0. The van der Waals surface area contributed by atoms with Crippen molar-refractivity contribution >= 4 is 30.1 Å². The molecule has 2 atom stereocenters. The number of carbonyl (C=O) groups is 1. The summed E-state index contributed by atoms with van der Waals surface area (Å²) in [4.78, 5) is 10.3. The van der Waals surface area contributed by atoms with Crippen LogP contribution in [0.1, 0.15) is 32.1 Å². The molecule has 0 aromatic heterocycles. The molecule has 1 rings (SSSR count). The van der Waals surface area contributed by atoms with Crippen molar-refractivity contribution in [3.05, 3.63) is 0 Å². The Morgan fingerprint density at radius 2 is 2.07 bits per heavy atom. The van der Waals surface area contributed by atoms with Crippen molar-refractivity contribution < 1.29 is 9.90 Å². The van der Waals surface area contributed by atoms with E-state index in [1.807, 2.05) is 0 Å². The van der Waals surface area contributed by atoms with Crippen molar-refractivity contribution in [3.63, 3.8) is 0 Å². The fourth-order valence-corrected chi connectivity index (χ4v) is 2.94. The molecule has 0 radical (unpaired) electrons. The lowest BCUT2D eigenvalue weighted by molar-refractivity contribution is -0.136. The predicted octanol–water partition coefficient (Wildman–Crippen LogP) is 1.89. The van der Waals surface area contributed by atoms with Gasteiger partial charge in [0.2, 0.25) is 0 Å². The summed E-state index contributed by atoms with van der Waals surface area (Å²) in [5.41, 5.74) is 5.93. The first-order chi connectivity index (χ1) is 6.20. The molecular weight excluding hydrogens is 222 g/mol. The zero-order valence-corrected chi connectivity index (χ0v) is 9.78. The molecule has 0 aromatic rings. The average molecular weight is 240 g/mol. The van der Waals surface area contributed by atoms with Gasteiger partial charge in [0.25, 0.3) is 0 Å². The van der Waals surface area contributed by atoms with Crippen LogP contribution in [0.3, 0.4) is 0 Å². The lowest BCUT2D eigenvalue weighted by Gasteiger charge is -2.27. The predicted molar refractivity (Wildman–Crippen MR) is 62.2 cm³/mol. The lowest BCUT2D eigenvalue weighted by atomic mass is 9.96. The van der Waals surface area contributed by atoms with Gasteiger partial charge in [-0.05, 0) is 12.8 Å². The Morgan fingerprint density at radius 3 is 2.64 bits per heavy atom. The molecule has 0 aromatic carbocycles. The van der Waals surface area contributed by atoms with Crippen LogP contribution in [0.15, 0.2) is 0 Å². The number of rotatable bonds is 4. The first-order valence-electron chi connectivity index (χ1n) is 4.79. The van der Waals surface area contributed by atoms with Crippen molar-refractivity contribution in [2.75, 3.05) is 5.75 Å². The highest BCUT2D eigenvalue weighted by atomic mass is 35.5. The van der Waals surface area contributed by atoms with Gasteiger partial charge in [-0.1, -0.05) is 12.8 Å². The topological polar surface area (TPSA) is 63.3 Å². The first-order valence-corrected chi connectivity index (χ1v) is 5.84. The molecule has 1 saturated carbocycles. The minimum Gasteiger partial charge on any atom is -0.481 e. The monoisotopic (exact) mass is 239 g/mol. The Balaban J connectivity index is 0.00000169. The van der Waals surface area contributed by atoms with Gasteiger partial charge in [0.05, 0.1) is 6.42 Å². The van der Waals surface area contributed by atoms with E-state index in [2.05, 4.69) is 0 Å². The zero-order chi connectivity index (χ0) is 9.68. The minimum absolute atomic E-state index is 0. The average Bonchev–Trinajstić information content (AvgIpc) is 2.08. The second-order valence-corrected chi connectivity index (χ2v) is 4.85. The standard InChI is InChI=1S/C9H17NO2S.ClH/c10-7-3-1-2-4-8(7)13-6-5-9(11)12;/h7-8H,1-6,10H2,(H,11,12);1H/t7-,8-;/m0./s1. The number of halogens is 1. The first kappa shape index (κ1) is 14.1. The molecule has 3 N–H and O–H groups in total. The molecule has 1 aliphatic rings. The van der Waals surface area contributed by atoms with E-state index in [1.54, 1.807) is 11.8 Å². The van der Waals surface area contributed by atoms with Crippen molar-refractivity contribution in [2.24, 2.45) is 5.73 Å². The summed E-state index contributed by atoms with van der Waals surface area (Å²) in [5, 5.41) is 8.96. The molecule has 0 spiro atoms. The summed E-state index contributed by atoms with van der Waals surface area (Å²) in [5.74, 6) is -0.00914. The minimum atomic E-state index is -0.711. The molecule has 1 fully saturated rings. The van der Waals surface area contributed by atoms with Gasteiger partial charge in [-0.25, -0.2) is 0 Å². The molecule has 0 unspecified atom stereocenters. The molecule has 84 valence electrons. The van der Waals surface area contributed by atoms with E-state index in [-0.39, 0.29) is 24.9 Å². The van der Waals surface area contributed by atoms with Gasteiger partial charge in [-0.15, -0.1) is 12.4 Å². The molecule has 5 heteroatoms. The molecule has 0 saturated heterocycles. The fourth-order valence-electron chi connectivity index (χ4n) is 1.63. The van der Waals surface area contributed by atoms with Crippen LogP contribution in [0.5, 0.6) is 0 Å².